The largest absolute Gasteiger partial charge is 0.381 e. The van der Waals surface area contributed by atoms with Gasteiger partial charge in [0.25, 0.3) is 0 Å². The smallest absolute Gasteiger partial charge is 0.0733 e. The number of rotatable bonds is 9. The first-order valence-electron chi connectivity index (χ1n) is 8.57. The molecule has 0 bridgehead atoms. The van der Waals surface area contributed by atoms with E-state index in [9.17, 15) is 0 Å². The molecule has 0 aliphatic heterocycles. The first kappa shape index (κ1) is 17.6. The highest BCUT2D eigenvalue weighted by atomic mass is 16.5. The molecule has 0 aliphatic carbocycles. The van der Waals surface area contributed by atoms with Crippen LogP contribution in [0.4, 0.5) is 5.69 Å². The highest BCUT2D eigenvalue weighted by Gasteiger charge is 2.02. The molecular weight excluding hydrogens is 282 g/mol. The van der Waals surface area contributed by atoms with Crippen molar-refractivity contribution in [2.75, 3.05) is 12.4 Å². The van der Waals surface area contributed by atoms with Gasteiger partial charge in [-0.1, -0.05) is 62.7 Å². The molecule has 0 saturated heterocycles. The zero-order valence-corrected chi connectivity index (χ0v) is 14.6. The zero-order chi connectivity index (χ0) is 16.5. The van der Waals surface area contributed by atoms with Gasteiger partial charge in [0.2, 0.25) is 0 Å². The molecule has 1 N–H and O–H groups in total. The Morgan fingerprint density at radius 3 is 2.57 bits per heavy atom. The van der Waals surface area contributed by atoms with Gasteiger partial charge in [0.1, 0.15) is 0 Å². The summed E-state index contributed by atoms with van der Waals surface area (Å²) in [6.07, 6.45) is 3.74. The number of benzene rings is 2. The number of para-hydroxylation sites is 1. The van der Waals surface area contributed by atoms with Crippen molar-refractivity contribution >= 4 is 5.69 Å². The Kier molecular flexibility index (Phi) is 7.15. The van der Waals surface area contributed by atoms with E-state index in [1.54, 1.807) is 7.11 Å². The Morgan fingerprint density at radius 2 is 1.78 bits per heavy atom. The van der Waals surface area contributed by atoms with Crippen molar-refractivity contribution in [2.45, 2.75) is 46.3 Å². The third-order valence-electron chi connectivity index (χ3n) is 4.04. The molecule has 0 amide bonds. The monoisotopic (exact) mass is 311 g/mol. The summed E-state index contributed by atoms with van der Waals surface area (Å²) in [5.41, 5.74) is 5.12. The standard InChI is InChI=1S/C21H29NO/c1-17(2)8-6-9-18-10-7-11-19(14-18)15-22-21-13-5-4-12-20(21)16-23-3/h4-5,7,10-14,17,22H,6,8-9,15-16H2,1-3H3. The summed E-state index contributed by atoms with van der Waals surface area (Å²) < 4.78 is 5.26. The van der Waals surface area contributed by atoms with Crippen molar-refractivity contribution < 1.29 is 4.74 Å². The van der Waals surface area contributed by atoms with E-state index in [1.165, 1.54) is 36.0 Å². The fourth-order valence-corrected chi connectivity index (χ4v) is 2.78. The maximum absolute atomic E-state index is 5.26. The topological polar surface area (TPSA) is 21.3 Å². The average molecular weight is 311 g/mol. The van der Waals surface area contributed by atoms with Crippen LogP contribution in [0.15, 0.2) is 48.5 Å². The van der Waals surface area contributed by atoms with Crippen molar-refractivity contribution in [2.24, 2.45) is 5.92 Å². The van der Waals surface area contributed by atoms with Gasteiger partial charge in [-0.2, -0.15) is 0 Å². The van der Waals surface area contributed by atoms with Crippen LogP contribution in [-0.2, 0) is 24.3 Å². The lowest BCUT2D eigenvalue weighted by Gasteiger charge is -2.12. The van der Waals surface area contributed by atoms with Gasteiger partial charge in [0.15, 0.2) is 0 Å². The van der Waals surface area contributed by atoms with Gasteiger partial charge in [-0.05, 0) is 36.0 Å². The molecule has 0 spiro atoms. The molecule has 2 aromatic carbocycles. The van der Waals surface area contributed by atoms with E-state index in [0.717, 1.165) is 18.2 Å². The van der Waals surface area contributed by atoms with Gasteiger partial charge in [-0.15, -0.1) is 0 Å². The third-order valence-corrected chi connectivity index (χ3v) is 4.04. The Hall–Kier alpha value is -1.80. The zero-order valence-electron chi connectivity index (χ0n) is 14.6. The minimum Gasteiger partial charge on any atom is -0.381 e. The Labute approximate surface area is 140 Å². The van der Waals surface area contributed by atoms with Crippen LogP contribution in [0.3, 0.4) is 0 Å². The quantitative estimate of drug-likeness (QED) is 0.667. The molecule has 23 heavy (non-hydrogen) atoms. The minimum absolute atomic E-state index is 0.637. The van der Waals surface area contributed by atoms with Crippen LogP contribution in [0.2, 0.25) is 0 Å². The predicted octanol–water partition coefficient (Wildman–Crippen LogP) is 5.42. The summed E-state index contributed by atoms with van der Waals surface area (Å²) in [5.74, 6) is 0.789. The van der Waals surface area contributed by atoms with Crippen LogP contribution >= 0.6 is 0 Å². The summed E-state index contributed by atoms with van der Waals surface area (Å²) in [7, 11) is 1.73. The van der Waals surface area contributed by atoms with E-state index < -0.39 is 0 Å². The number of hydrogen-bond acceptors (Lipinski definition) is 2. The van der Waals surface area contributed by atoms with E-state index in [2.05, 4.69) is 67.7 Å². The summed E-state index contributed by atoms with van der Waals surface area (Å²) >= 11 is 0. The summed E-state index contributed by atoms with van der Waals surface area (Å²) in [6.45, 7) is 6.06. The van der Waals surface area contributed by atoms with Crippen molar-refractivity contribution in [3.8, 4) is 0 Å². The van der Waals surface area contributed by atoms with Crippen molar-refractivity contribution in [1.29, 1.82) is 0 Å². The fourth-order valence-electron chi connectivity index (χ4n) is 2.78. The van der Waals surface area contributed by atoms with Crippen LogP contribution in [0, 0.1) is 5.92 Å². The summed E-state index contributed by atoms with van der Waals surface area (Å²) in [5, 5.41) is 3.54. The van der Waals surface area contributed by atoms with Crippen LogP contribution in [0.1, 0.15) is 43.4 Å². The molecule has 0 aliphatic rings. The number of ether oxygens (including phenoxy) is 1. The van der Waals surface area contributed by atoms with Gasteiger partial charge in [-0.3, -0.25) is 0 Å². The number of hydrogen-bond donors (Lipinski definition) is 1. The van der Waals surface area contributed by atoms with Crippen molar-refractivity contribution in [1.82, 2.24) is 0 Å². The maximum atomic E-state index is 5.26. The average Bonchev–Trinajstić information content (AvgIpc) is 2.54. The fraction of sp³-hybridized carbons (Fsp3) is 0.429. The lowest BCUT2D eigenvalue weighted by Crippen LogP contribution is -2.03. The second-order valence-electron chi connectivity index (χ2n) is 6.55. The first-order chi connectivity index (χ1) is 11.2. The van der Waals surface area contributed by atoms with Gasteiger partial charge in [0, 0.05) is 24.9 Å². The van der Waals surface area contributed by atoms with Gasteiger partial charge in [0.05, 0.1) is 6.61 Å². The SMILES string of the molecule is COCc1ccccc1NCc1cccc(CCCC(C)C)c1. The molecular formula is C21H29NO. The number of anilines is 1. The molecule has 0 aromatic heterocycles. The van der Waals surface area contributed by atoms with Crippen molar-refractivity contribution in [3.63, 3.8) is 0 Å². The van der Waals surface area contributed by atoms with Crippen LogP contribution in [-0.4, -0.2) is 7.11 Å². The summed E-state index contributed by atoms with van der Waals surface area (Å²) in [6, 6.07) is 17.3. The Morgan fingerprint density at radius 1 is 1.00 bits per heavy atom. The second-order valence-corrected chi connectivity index (χ2v) is 6.55. The van der Waals surface area contributed by atoms with E-state index >= 15 is 0 Å². The number of nitrogens with one attached hydrogen (secondary N) is 1. The van der Waals surface area contributed by atoms with E-state index in [-0.39, 0.29) is 0 Å². The number of methoxy groups -OCH3 is 1. The molecule has 0 heterocycles. The predicted molar refractivity (Wildman–Crippen MR) is 98.7 cm³/mol. The van der Waals surface area contributed by atoms with E-state index in [4.69, 9.17) is 4.74 Å². The first-order valence-corrected chi connectivity index (χ1v) is 8.57. The molecule has 0 fully saturated rings. The minimum atomic E-state index is 0.637. The normalized spacial score (nSPS) is 11.0. The Bertz CT molecular complexity index is 592. The van der Waals surface area contributed by atoms with Gasteiger partial charge < -0.3 is 10.1 Å². The molecule has 0 radical (unpaired) electrons. The lowest BCUT2D eigenvalue weighted by molar-refractivity contribution is 0.185. The van der Waals surface area contributed by atoms with Gasteiger partial charge in [-0.25, -0.2) is 0 Å². The molecule has 2 nitrogen and oxygen atoms in total. The highest BCUT2D eigenvalue weighted by Crippen LogP contribution is 2.18. The molecule has 0 atom stereocenters. The van der Waals surface area contributed by atoms with Crippen LogP contribution in [0.5, 0.6) is 0 Å². The lowest BCUT2D eigenvalue weighted by atomic mass is 10.0. The van der Waals surface area contributed by atoms with Crippen molar-refractivity contribution in [3.05, 3.63) is 65.2 Å². The third kappa shape index (κ3) is 6.07. The summed E-state index contributed by atoms with van der Waals surface area (Å²) in [4.78, 5) is 0. The Balaban J connectivity index is 1.93. The molecule has 0 saturated carbocycles. The van der Waals surface area contributed by atoms with Crippen LogP contribution in [0.25, 0.3) is 0 Å². The molecule has 2 rings (SSSR count). The molecule has 124 valence electrons. The molecule has 2 aromatic rings. The van der Waals surface area contributed by atoms with E-state index in [0.29, 0.717) is 6.61 Å². The maximum Gasteiger partial charge on any atom is 0.0733 e. The van der Waals surface area contributed by atoms with E-state index in [1.807, 2.05) is 0 Å². The van der Waals surface area contributed by atoms with Gasteiger partial charge >= 0.3 is 0 Å². The highest BCUT2D eigenvalue weighted by molar-refractivity contribution is 5.51. The molecule has 2 heteroatoms. The second kappa shape index (κ2) is 9.36. The molecule has 0 unspecified atom stereocenters. The number of aryl methyl sites for hydroxylation is 1. The van der Waals surface area contributed by atoms with Crippen LogP contribution < -0.4 is 5.32 Å².